The maximum absolute atomic E-state index is 5.07. The zero-order valence-electron chi connectivity index (χ0n) is 15.7. The van der Waals surface area contributed by atoms with Crippen molar-refractivity contribution in [3.63, 3.8) is 0 Å². The van der Waals surface area contributed by atoms with Gasteiger partial charge in [-0.25, -0.2) is 9.97 Å². The van der Waals surface area contributed by atoms with Crippen LogP contribution >= 0.6 is 0 Å². The number of imidazole rings is 1. The van der Waals surface area contributed by atoms with Gasteiger partial charge >= 0.3 is 0 Å². The molecule has 1 aliphatic rings. The topological polar surface area (TPSA) is 46.0 Å². The van der Waals surface area contributed by atoms with Crippen molar-refractivity contribution in [1.82, 2.24) is 24.8 Å². The highest BCUT2D eigenvalue weighted by atomic mass is 15.3. The van der Waals surface area contributed by atoms with Gasteiger partial charge in [0, 0.05) is 37.9 Å². The fourth-order valence-corrected chi connectivity index (χ4v) is 4.09. The third-order valence-corrected chi connectivity index (χ3v) is 5.07. The highest BCUT2D eigenvalue weighted by Crippen LogP contribution is 2.30. The molecular formula is C19H31N5. The van der Waals surface area contributed by atoms with Crippen LogP contribution in [0.3, 0.4) is 0 Å². The Morgan fingerprint density at radius 3 is 2.58 bits per heavy atom. The van der Waals surface area contributed by atoms with Crippen molar-refractivity contribution in [3.8, 4) is 0 Å². The molecule has 0 saturated carbocycles. The van der Waals surface area contributed by atoms with Crippen LogP contribution in [0.15, 0.2) is 12.3 Å². The van der Waals surface area contributed by atoms with Crippen molar-refractivity contribution in [3.05, 3.63) is 23.7 Å². The molecule has 0 aliphatic carbocycles. The van der Waals surface area contributed by atoms with Gasteiger partial charge < -0.3 is 9.88 Å². The molecule has 2 aromatic rings. The monoisotopic (exact) mass is 329 g/mol. The van der Waals surface area contributed by atoms with Crippen LogP contribution < -0.4 is 5.32 Å². The molecule has 1 saturated heterocycles. The first-order valence-electron chi connectivity index (χ1n) is 9.36. The standard InChI is InChI=1S/C19H31N5/c1-6-8-16(23-11-14(4)21-15(5)12-23)18-22-17-13(3)9-10-20-19(17)24(18)7-2/h9-10,14-16,21H,6-8,11-12H2,1-5H3. The predicted octanol–water partition coefficient (Wildman–Crippen LogP) is 3.28. The molecule has 0 amide bonds. The van der Waals surface area contributed by atoms with Crippen LogP contribution in [0.2, 0.25) is 0 Å². The summed E-state index contributed by atoms with van der Waals surface area (Å²) in [5.41, 5.74) is 3.31. The molecule has 1 N–H and O–H groups in total. The van der Waals surface area contributed by atoms with Gasteiger partial charge in [-0.05, 0) is 45.7 Å². The van der Waals surface area contributed by atoms with Gasteiger partial charge in [0.15, 0.2) is 5.65 Å². The summed E-state index contributed by atoms with van der Waals surface area (Å²) in [6.45, 7) is 14.2. The van der Waals surface area contributed by atoms with Crippen molar-refractivity contribution >= 4 is 11.2 Å². The Bertz CT molecular complexity index is 682. The molecule has 3 heterocycles. The van der Waals surface area contributed by atoms with Gasteiger partial charge in [-0.2, -0.15) is 0 Å². The number of aryl methyl sites for hydroxylation is 2. The van der Waals surface area contributed by atoms with Gasteiger partial charge in [-0.3, -0.25) is 4.90 Å². The fraction of sp³-hybridized carbons (Fsp3) is 0.684. The lowest BCUT2D eigenvalue weighted by Crippen LogP contribution is -2.55. The molecule has 1 aliphatic heterocycles. The SMILES string of the molecule is CCCC(c1nc2c(C)ccnc2n1CC)N1CC(C)NC(C)C1. The molecule has 3 unspecified atom stereocenters. The molecule has 0 bridgehead atoms. The zero-order valence-corrected chi connectivity index (χ0v) is 15.7. The first-order chi connectivity index (χ1) is 11.5. The molecule has 5 heteroatoms. The second kappa shape index (κ2) is 7.19. The lowest BCUT2D eigenvalue weighted by molar-refractivity contribution is 0.110. The molecule has 5 nitrogen and oxygen atoms in total. The molecule has 24 heavy (non-hydrogen) atoms. The lowest BCUT2D eigenvalue weighted by atomic mass is 10.0. The number of hydrogen-bond acceptors (Lipinski definition) is 4. The number of nitrogens with zero attached hydrogens (tertiary/aromatic N) is 4. The van der Waals surface area contributed by atoms with E-state index in [4.69, 9.17) is 4.98 Å². The van der Waals surface area contributed by atoms with E-state index < -0.39 is 0 Å². The van der Waals surface area contributed by atoms with E-state index in [-0.39, 0.29) is 0 Å². The molecule has 132 valence electrons. The first kappa shape index (κ1) is 17.4. The van der Waals surface area contributed by atoms with Crippen molar-refractivity contribution in [1.29, 1.82) is 0 Å². The Hall–Kier alpha value is -1.46. The molecule has 0 spiro atoms. The lowest BCUT2D eigenvalue weighted by Gasteiger charge is -2.40. The van der Waals surface area contributed by atoms with Gasteiger partial charge in [0.05, 0.1) is 6.04 Å². The Morgan fingerprint density at radius 2 is 1.96 bits per heavy atom. The van der Waals surface area contributed by atoms with Crippen molar-refractivity contribution in [2.75, 3.05) is 13.1 Å². The van der Waals surface area contributed by atoms with E-state index in [1.807, 2.05) is 6.20 Å². The second-order valence-electron chi connectivity index (χ2n) is 7.24. The van der Waals surface area contributed by atoms with Crippen LogP contribution in [0.5, 0.6) is 0 Å². The van der Waals surface area contributed by atoms with Crippen LogP contribution in [0.1, 0.15) is 58.0 Å². The van der Waals surface area contributed by atoms with E-state index in [0.29, 0.717) is 18.1 Å². The van der Waals surface area contributed by atoms with E-state index in [0.717, 1.165) is 43.6 Å². The molecular weight excluding hydrogens is 298 g/mol. The Balaban J connectivity index is 2.05. The zero-order chi connectivity index (χ0) is 17.3. The summed E-state index contributed by atoms with van der Waals surface area (Å²) < 4.78 is 2.32. The van der Waals surface area contributed by atoms with E-state index >= 15 is 0 Å². The normalized spacial score (nSPS) is 23.7. The van der Waals surface area contributed by atoms with Crippen LogP contribution in [-0.4, -0.2) is 44.6 Å². The highest BCUT2D eigenvalue weighted by Gasteiger charge is 2.31. The summed E-state index contributed by atoms with van der Waals surface area (Å²) >= 11 is 0. The van der Waals surface area contributed by atoms with Crippen molar-refractivity contribution in [2.24, 2.45) is 0 Å². The summed E-state index contributed by atoms with van der Waals surface area (Å²) in [5, 5.41) is 3.64. The van der Waals surface area contributed by atoms with Gasteiger partial charge in [0.1, 0.15) is 11.3 Å². The van der Waals surface area contributed by atoms with Gasteiger partial charge in [0.25, 0.3) is 0 Å². The largest absolute Gasteiger partial charge is 0.312 e. The van der Waals surface area contributed by atoms with Crippen LogP contribution in [0.4, 0.5) is 0 Å². The third-order valence-electron chi connectivity index (χ3n) is 5.07. The summed E-state index contributed by atoms with van der Waals surface area (Å²) in [4.78, 5) is 12.3. The molecule has 1 fully saturated rings. The van der Waals surface area contributed by atoms with Gasteiger partial charge in [-0.15, -0.1) is 0 Å². The number of hydrogen-bond donors (Lipinski definition) is 1. The maximum Gasteiger partial charge on any atom is 0.160 e. The smallest absolute Gasteiger partial charge is 0.160 e. The fourth-order valence-electron chi connectivity index (χ4n) is 4.09. The minimum Gasteiger partial charge on any atom is -0.312 e. The molecule has 3 rings (SSSR count). The minimum absolute atomic E-state index is 0.371. The van der Waals surface area contributed by atoms with E-state index in [1.54, 1.807) is 0 Å². The van der Waals surface area contributed by atoms with Gasteiger partial charge in [-0.1, -0.05) is 13.3 Å². The number of fused-ring (bicyclic) bond motifs is 1. The van der Waals surface area contributed by atoms with Gasteiger partial charge in [0.2, 0.25) is 0 Å². The van der Waals surface area contributed by atoms with Crippen molar-refractivity contribution in [2.45, 2.75) is 72.1 Å². The number of piperazine rings is 1. The summed E-state index contributed by atoms with van der Waals surface area (Å²) in [6.07, 6.45) is 4.21. The van der Waals surface area contributed by atoms with E-state index in [1.165, 1.54) is 11.4 Å². The average molecular weight is 329 g/mol. The Labute approximate surface area is 145 Å². The Morgan fingerprint density at radius 1 is 1.25 bits per heavy atom. The summed E-state index contributed by atoms with van der Waals surface area (Å²) in [6, 6.07) is 3.47. The average Bonchev–Trinajstić information content (AvgIpc) is 2.91. The van der Waals surface area contributed by atoms with E-state index in [9.17, 15) is 0 Å². The highest BCUT2D eigenvalue weighted by molar-refractivity contribution is 5.75. The molecule has 3 atom stereocenters. The van der Waals surface area contributed by atoms with Crippen LogP contribution in [0.25, 0.3) is 11.2 Å². The van der Waals surface area contributed by atoms with Crippen LogP contribution in [-0.2, 0) is 6.54 Å². The molecule has 0 aromatic carbocycles. The molecule has 2 aromatic heterocycles. The minimum atomic E-state index is 0.371. The number of aromatic nitrogens is 3. The second-order valence-corrected chi connectivity index (χ2v) is 7.24. The Kier molecular flexibility index (Phi) is 5.21. The number of nitrogens with one attached hydrogen (secondary N) is 1. The maximum atomic E-state index is 5.07. The third kappa shape index (κ3) is 3.20. The number of rotatable bonds is 5. The van der Waals surface area contributed by atoms with Crippen molar-refractivity contribution < 1.29 is 0 Å². The predicted molar refractivity (Wildman–Crippen MR) is 99.2 cm³/mol. The van der Waals surface area contributed by atoms with Crippen LogP contribution in [0, 0.1) is 6.92 Å². The first-order valence-corrected chi connectivity index (χ1v) is 9.36. The summed E-state index contributed by atoms with van der Waals surface area (Å²) in [5.74, 6) is 1.19. The number of pyridine rings is 1. The van der Waals surface area contributed by atoms with E-state index in [2.05, 4.69) is 60.5 Å². The quantitative estimate of drug-likeness (QED) is 0.914. The summed E-state index contributed by atoms with van der Waals surface area (Å²) in [7, 11) is 0. The molecule has 0 radical (unpaired) electrons.